The van der Waals surface area contributed by atoms with E-state index in [1.54, 1.807) is 6.20 Å². The number of aromatic nitrogens is 2. The Morgan fingerprint density at radius 3 is 1.89 bits per heavy atom. The Labute approximate surface area is 271 Å². The molecule has 4 unspecified atom stereocenters. The van der Waals surface area contributed by atoms with E-state index in [4.69, 9.17) is 11.5 Å². The van der Waals surface area contributed by atoms with Crippen molar-refractivity contribution in [2.45, 2.75) is 62.7 Å². The number of carboxylic acids is 1. The molecule has 2 aromatic heterocycles. The number of unbranched alkanes of at least 4 members (excludes halogenated alkanes) is 1. The molecule has 2 aromatic carbocycles. The van der Waals surface area contributed by atoms with E-state index in [1.807, 2.05) is 61.0 Å². The van der Waals surface area contributed by atoms with Gasteiger partial charge in [-0.2, -0.15) is 11.8 Å². The summed E-state index contributed by atoms with van der Waals surface area (Å²) in [6, 6.07) is 11.2. The lowest BCUT2D eigenvalue weighted by Gasteiger charge is -2.25. The largest absolute Gasteiger partial charge is 0.480 e. The van der Waals surface area contributed by atoms with E-state index in [0.717, 1.165) is 32.9 Å². The third kappa shape index (κ3) is 9.12. The molecule has 12 nitrogen and oxygen atoms in total. The highest BCUT2D eigenvalue weighted by molar-refractivity contribution is 7.98. The van der Waals surface area contributed by atoms with Crippen molar-refractivity contribution in [3.05, 3.63) is 72.1 Å². The number of rotatable bonds is 18. The summed E-state index contributed by atoms with van der Waals surface area (Å²) in [6.45, 7) is 0.404. The number of thioether (sulfide) groups is 1. The van der Waals surface area contributed by atoms with Gasteiger partial charge in [0.1, 0.15) is 18.1 Å². The molecule has 13 heteroatoms. The molecular formula is C33H43N7O5S. The number of para-hydroxylation sites is 2. The number of hydrogen-bond acceptors (Lipinski definition) is 7. The first-order chi connectivity index (χ1) is 22.2. The van der Waals surface area contributed by atoms with Crippen LogP contribution in [0, 0.1) is 0 Å². The lowest BCUT2D eigenvalue weighted by atomic mass is 10.0. The zero-order chi connectivity index (χ0) is 33.1. The molecule has 0 fully saturated rings. The summed E-state index contributed by atoms with van der Waals surface area (Å²) in [5, 5.41) is 19.7. The van der Waals surface area contributed by atoms with Crippen molar-refractivity contribution in [1.29, 1.82) is 0 Å². The number of H-pyrrole nitrogens is 2. The second-order valence-electron chi connectivity index (χ2n) is 11.3. The first kappa shape index (κ1) is 34.5. The summed E-state index contributed by atoms with van der Waals surface area (Å²) in [7, 11) is 0. The summed E-state index contributed by atoms with van der Waals surface area (Å²) >= 11 is 1.47. The molecule has 3 amide bonds. The molecule has 0 bridgehead atoms. The Kier molecular flexibility index (Phi) is 12.6. The van der Waals surface area contributed by atoms with Crippen LogP contribution in [0.25, 0.3) is 21.8 Å². The minimum atomic E-state index is -1.15. The van der Waals surface area contributed by atoms with Gasteiger partial charge in [-0.3, -0.25) is 14.4 Å². The number of aliphatic carboxylic acids is 1. The van der Waals surface area contributed by atoms with Gasteiger partial charge in [-0.15, -0.1) is 0 Å². The standard InChI is InChI=1S/C33H43N7O5S/c1-46-15-13-28(33(44)45)39-31(42)27(12-6-7-14-34)38-32(43)29(17-21-19-37-26-11-5-3-9-23(21)26)40-30(41)24(35)16-20-18-36-25-10-4-2-8-22(20)25/h2-5,8-11,18-19,24,27-29,36-37H,6-7,12-17,34-35H2,1H3,(H,38,43)(H,39,42)(H,40,41)(H,44,45). The Morgan fingerprint density at radius 1 is 0.761 bits per heavy atom. The molecule has 0 saturated carbocycles. The topological polar surface area (TPSA) is 208 Å². The second kappa shape index (κ2) is 16.8. The van der Waals surface area contributed by atoms with Crippen molar-refractivity contribution in [2.75, 3.05) is 18.6 Å². The minimum absolute atomic E-state index is 0.129. The molecule has 4 atom stereocenters. The number of carboxylic acid groups (broad SMARTS) is 1. The molecule has 4 aromatic rings. The first-order valence-electron chi connectivity index (χ1n) is 15.4. The normalized spacial score (nSPS) is 14.0. The molecule has 0 radical (unpaired) electrons. The SMILES string of the molecule is CSCCC(NC(=O)C(CCCCN)NC(=O)C(Cc1c[nH]c2ccccc12)NC(=O)C(N)Cc1c[nH]c2ccccc12)C(=O)O. The number of carbonyl (C=O) groups is 4. The number of amides is 3. The maximum atomic E-state index is 13.9. The molecule has 0 aliphatic rings. The zero-order valence-corrected chi connectivity index (χ0v) is 26.7. The van der Waals surface area contributed by atoms with Gasteiger partial charge in [0, 0.05) is 40.6 Å². The van der Waals surface area contributed by atoms with Crippen LogP contribution in [0.4, 0.5) is 0 Å². The lowest BCUT2D eigenvalue weighted by Crippen LogP contribution is -2.57. The molecule has 4 rings (SSSR count). The zero-order valence-electron chi connectivity index (χ0n) is 25.9. The van der Waals surface area contributed by atoms with Crippen LogP contribution in [0.3, 0.4) is 0 Å². The van der Waals surface area contributed by atoms with Crippen LogP contribution < -0.4 is 27.4 Å². The smallest absolute Gasteiger partial charge is 0.326 e. The predicted molar refractivity (Wildman–Crippen MR) is 181 cm³/mol. The van der Waals surface area contributed by atoms with Crippen LogP contribution in [-0.2, 0) is 32.0 Å². The first-order valence-corrected chi connectivity index (χ1v) is 16.8. The summed E-state index contributed by atoms with van der Waals surface area (Å²) in [4.78, 5) is 58.9. The lowest BCUT2D eigenvalue weighted by molar-refractivity contribution is -0.142. The van der Waals surface area contributed by atoms with E-state index in [1.165, 1.54) is 11.8 Å². The molecule has 2 heterocycles. The molecule has 0 aliphatic heterocycles. The maximum Gasteiger partial charge on any atom is 0.326 e. The fourth-order valence-corrected chi connectivity index (χ4v) is 5.91. The van der Waals surface area contributed by atoms with Gasteiger partial charge in [0.15, 0.2) is 0 Å². The van der Waals surface area contributed by atoms with Gasteiger partial charge in [0.05, 0.1) is 6.04 Å². The van der Waals surface area contributed by atoms with Crippen LogP contribution >= 0.6 is 11.8 Å². The van der Waals surface area contributed by atoms with Gasteiger partial charge in [-0.05, 0) is 73.9 Å². The van der Waals surface area contributed by atoms with Gasteiger partial charge >= 0.3 is 5.97 Å². The van der Waals surface area contributed by atoms with E-state index in [2.05, 4.69) is 25.9 Å². The summed E-state index contributed by atoms with van der Waals surface area (Å²) in [5.41, 5.74) is 15.5. The van der Waals surface area contributed by atoms with E-state index in [-0.39, 0.29) is 25.7 Å². The number of fused-ring (bicyclic) bond motifs is 2. The molecule has 0 saturated heterocycles. The molecule has 46 heavy (non-hydrogen) atoms. The highest BCUT2D eigenvalue weighted by atomic mass is 32.2. The number of benzene rings is 2. The van der Waals surface area contributed by atoms with Crippen molar-refractivity contribution in [3.8, 4) is 0 Å². The second-order valence-corrected chi connectivity index (χ2v) is 12.3. The van der Waals surface area contributed by atoms with Crippen LogP contribution in [0.15, 0.2) is 60.9 Å². The van der Waals surface area contributed by atoms with Gasteiger partial charge in [-0.25, -0.2) is 4.79 Å². The van der Waals surface area contributed by atoms with Crippen molar-refractivity contribution >= 4 is 57.3 Å². The predicted octanol–water partition coefficient (Wildman–Crippen LogP) is 2.18. The van der Waals surface area contributed by atoms with Crippen molar-refractivity contribution in [1.82, 2.24) is 25.9 Å². The molecule has 246 valence electrons. The van der Waals surface area contributed by atoms with Crippen molar-refractivity contribution in [3.63, 3.8) is 0 Å². The van der Waals surface area contributed by atoms with Gasteiger partial charge in [0.2, 0.25) is 17.7 Å². The molecule has 0 spiro atoms. The van der Waals surface area contributed by atoms with E-state index < -0.39 is 47.9 Å². The van der Waals surface area contributed by atoms with Gasteiger partial charge in [-0.1, -0.05) is 36.4 Å². The number of nitrogens with two attached hydrogens (primary N) is 2. The van der Waals surface area contributed by atoms with Crippen LogP contribution in [0.1, 0.15) is 36.8 Å². The highest BCUT2D eigenvalue weighted by Crippen LogP contribution is 2.21. The van der Waals surface area contributed by atoms with Crippen molar-refractivity contribution < 1.29 is 24.3 Å². The average molecular weight is 650 g/mol. The van der Waals surface area contributed by atoms with Gasteiger partial charge in [0.25, 0.3) is 0 Å². The molecular weight excluding hydrogens is 606 g/mol. The minimum Gasteiger partial charge on any atom is -0.480 e. The monoisotopic (exact) mass is 649 g/mol. The third-order valence-electron chi connectivity index (χ3n) is 7.99. The van der Waals surface area contributed by atoms with E-state index in [9.17, 15) is 24.3 Å². The fourth-order valence-electron chi connectivity index (χ4n) is 5.44. The van der Waals surface area contributed by atoms with Crippen LogP contribution in [-0.4, -0.2) is 81.5 Å². The van der Waals surface area contributed by atoms with Crippen LogP contribution in [0.5, 0.6) is 0 Å². The number of nitrogens with one attached hydrogen (secondary N) is 5. The van der Waals surface area contributed by atoms with Crippen LogP contribution in [0.2, 0.25) is 0 Å². The summed E-state index contributed by atoms with van der Waals surface area (Å²) < 4.78 is 0. The fraction of sp³-hybridized carbons (Fsp3) is 0.394. The number of hydrogen-bond donors (Lipinski definition) is 8. The van der Waals surface area contributed by atoms with E-state index >= 15 is 0 Å². The summed E-state index contributed by atoms with van der Waals surface area (Å²) in [6.07, 6.45) is 7.47. The molecule has 10 N–H and O–H groups in total. The average Bonchev–Trinajstić information content (AvgIpc) is 3.65. The molecule has 0 aliphatic carbocycles. The summed E-state index contributed by atoms with van der Waals surface area (Å²) in [5.74, 6) is -2.31. The third-order valence-corrected chi connectivity index (χ3v) is 8.63. The maximum absolute atomic E-state index is 13.9. The Hall–Kier alpha value is -4.33. The Morgan fingerprint density at radius 2 is 1.30 bits per heavy atom. The highest BCUT2D eigenvalue weighted by Gasteiger charge is 2.31. The number of aromatic amines is 2. The van der Waals surface area contributed by atoms with Gasteiger partial charge < -0.3 is 42.5 Å². The van der Waals surface area contributed by atoms with E-state index in [0.29, 0.717) is 25.1 Å². The van der Waals surface area contributed by atoms with Crippen molar-refractivity contribution in [2.24, 2.45) is 11.5 Å². The Bertz CT molecular complexity index is 1640. The quantitative estimate of drug-likeness (QED) is 0.0748. The Balaban J connectivity index is 1.54. The number of carbonyl (C=O) groups excluding carboxylic acids is 3.